The van der Waals surface area contributed by atoms with Gasteiger partial charge in [-0.15, -0.1) is 0 Å². The third kappa shape index (κ3) is 7.76. The maximum Gasteiger partial charge on any atom is 0.407 e. The third-order valence-electron chi connectivity index (χ3n) is 4.32. The highest BCUT2D eigenvalue weighted by atomic mass is 16.6. The van der Waals surface area contributed by atoms with E-state index in [0.29, 0.717) is 12.5 Å². The monoisotopic (exact) mass is 362 g/mol. The molecule has 6 nitrogen and oxygen atoms in total. The molecule has 1 fully saturated rings. The van der Waals surface area contributed by atoms with Crippen molar-refractivity contribution >= 4 is 12.2 Å². The number of hydrogen-bond donors (Lipinski definition) is 2. The Bertz CT molecular complexity index is 575. The second-order valence-electron chi connectivity index (χ2n) is 7.81. The predicted octanol–water partition coefficient (Wildman–Crippen LogP) is 4.00. The lowest BCUT2D eigenvalue weighted by atomic mass is 9.86. The topological polar surface area (TPSA) is 76.7 Å². The van der Waals surface area contributed by atoms with Gasteiger partial charge in [0.25, 0.3) is 0 Å². The van der Waals surface area contributed by atoms with E-state index >= 15 is 0 Å². The fourth-order valence-electron chi connectivity index (χ4n) is 2.99. The third-order valence-corrected chi connectivity index (χ3v) is 4.32. The molecule has 26 heavy (non-hydrogen) atoms. The molecule has 2 rings (SSSR count). The van der Waals surface area contributed by atoms with E-state index in [1.54, 1.807) is 0 Å². The van der Waals surface area contributed by atoms with Crippen molar-refractivity contribution in [3.05, 3.63) is 35.9 Å². The van der Waals surface area contributed by atoms with Gasteiger partial charge < -0.3 is 20.1 Å². The van der Waals surface area contributed by atoms with Crippen molar-refractivity contribution in [3.63, 3.8) is 0 Å². The maximum absolute atomic E-state index is 11.8. The van der Waals surface area contributed by atoms with Gasteiger partial charge in [0.2, 0.25) is 0 Å². The smallest absolute Gasteiger partial charge is 0.407 e. The molecule has 0 radical (unpaired) electrons. The summed E-state index contributed by atoms with van der Waals surface area (Å²) in [7, 11) is 0. The molecule has 0 spiro atoms. The molecule has 1 aliphatic rings. The minimum atomic E-state index is -0.481. The first-order valence-electron chi connectivity index (χ1n) is 9.26. The first-order valence-corrected chi connectivity index (χ1v) is 9.26. The Balaban J connectivity index is 1.60. The highest BCUT2D eigenvalue weighted by molar-refractivity contribution is 5.68. The predicted molar refractivity (Wildman–Crippen MR) is 99.7 cm³/mol. The summed E-state index contributed by atoms with van der Waals surface area (Å²) in [6, 6.07) is 9.75. The standard InChI is InChI=1S/C20H30N2O4/c1-20(2,3)26-19(24)22-17-11-9-15(10-12-17)13-21-18(23)25-14-16-7-5-4-6-8-16/h4-8,15,17H,9-14H2,1-3H3,(H,21,23)(H,22,24)/t15-,17-. The van der Waals surface area contributed by atoms with Crippen molar-refractivity contribution < 1.29 is 19.1 Å². The number of carbonyl (C=O) groups excluding carboxylic acids is 2. The molecule has 0 aromatic heterocycles. The number of carbonyl (C=O) groups is 2. The lowest BCUT2D eigenvalue weighted by molar-refractivity contribution is 0.0487. The molecule has 0 aliphatic heterocycles. The molecule has 0 bridgehead atoms. The number of rotatable bonds is 5. The molecule has 0 heterocycles. The quantitative estimate of drug-likeness (QED) is 0.830. The summed E-state index contributed by atoms with van der Waals surface area (Å²) in [5.74, 6) is 0.413. The molecular weight excluding hydrogens is 332 g/mol. The molecular formula is C20H30N2O4. The molecule has 2 amide bonds. The van der Waals surface area contributed by atoms with Gasteiger partial charge >= 0.3 is 12.2 Å². The molecule has 144 valence electrons. The van der Waals surface area contributed by atoms with E-state index in [2.05, 4.69) is 10.6 Å². The molecule has 0 unspecified atom stereocenters. The van der Waals surface area contributed by atoms with E-state index in [1.807, 2.05) is 51.1 Å². The van der Waals surface area contributed by atoms with Crippen LogP contribution in [0.3, 0.4) is 0 Å². The Kier molecular flexibility index (Phi) is 7.30. The summed E-state index contributed by atoms with van der Waals surface area (Å²) in [5.41, 5.74) is 0.488. The van der Waals surface area contributed by atoms with Crippen molar-refractivity contribution in [2.45, 2.75) is 64.7 Å². The number of benzene rings is 1. The van der Waals surface area contributed by atoms with E-state index in [4.69, 9.17) is 9.47 Å². The normalized spacial score (nSPS) is 20.1. The minimum absolute atomic E-state index is 0.145. The summed E-state index contributed by atoms with van der Waals surface area (Å²) in [5, 5.41) is 5.76. The molecule has 1 aromatic rings. The van der Waals surface area contributed by atoms with Gasteiger partial charge in [-0.05, 0) is 57.9 Å². The lowest BCUT2D eigenvalue weighted by Gasteiger charge is -2.30. The van der Waals surface area contributed by atoms with Gasteiger partial charge in [0, 0.05) is 12.6 Å². The van der Waals surface area contributed by atoms with Crippen LogP contribution in [0, 0.1) is 5.92 Å². The zero-order valence-corrected chi connectivity index (χ0v) is 15.9. The highest BCUT2D eigenvalue weighted by Crippen LogP contribution is 2.24. The summed E-state index contributed by atoms with van der Waals surface area (Å²) >= 11 is 0. The van der Waals surface area contributed by atoms with E-state index in [9.17, 15) is 9.59 Å². The van der Waals surface area contributed by atoms with Crippen LogP contribution in [0.25, 0.3) is 0 Å². The van der Waals surface area contributed by atoms with Gasteiger partial charge in [-0.2, -0.15) is 0 Å². The number of hydrogen-bond acceptors (Lipinski definition) is 4. The van der Waals surface area contributed by atoms with Gasteiger partial charge in [0.05, 0.1) is 0 Å². The van der Waals surface area contributed by atoms with Gasteiger partial charge in [0.15, 0.2) is 0 Å². The Morgan fingerprint density at radius 3 is 2.31 bits per heavy atom. The largest absolute Gasteiger partial charge is 0.445 e. The second kappa shape index (κ2) is 9.46. The van der Waals surface area contributed by atoms with Crippen molar-refractivity contribution in [1.82, 2.24) is 10.6 Å². The molecule has 1 saturated carbocycles. The van der Waals surface area contributed by atoms with Crippen LogP contribution < -0.4 is 10.6 Å². The minimum Gasteiger partial charge on any atom is -0.445 e. The first kappa shape index (κ1) is 20.1. The van der Waals surface area contributed by atoms with Crippen molar-refractivity contribution in [2.75, 3.05) is 6.54 Å². The summed E-state index contributed by atoms with van der Waals surface area (Å²) in [6.07, 6.45) is 2.96. The SMILES string of the molecule is CC(C)(C)OC(=O)N[C@H]1CC[C@H](CNC(=O)OCc2ccccc2)CC1. The molecule has 0 atom stereocenters. The van der Waals surface area contributed by atoms with Gasteiger partial charge in [-0.1, -0.05) is 30.3 Å². The van der Waals surface area contributed by atoms with Gasteiger partial charge in [0.1, 0.15) is 12.2 Å². The first-order chi connectivity index (χ1) is 12.3. The Morgan fingerprint density at radius 1 is 1.04 bits per heavy atom. The fraction of sp³-hybridized carbons (Fsp3) is 0.600. The zero-order valence-electron chi connectivity index (χ0n) is 15.9. The molecule has 2 N–H and O–H groups in total. The van der Waals surface area contributed by atoms with Crippen LogP contribution >= 0.6 is 0 Å². The molecule has 1 aromatic carbocycles. The summed E-state index contributed by atoms with van der Waals surface area (Å²) in [4.78, 5) is 23.6. The molecule has 1 aliphatic carbocycles. The van der Waals surface area contributed by atoms with Gasteiger partial charge in [-0.3, -0.25) is 0 Å². The lowest BCUT2D eigenvalue weighted by Crippen LogP contribution is -2.42. The number of ether oxygens (including phenoxy) is 2. The maximum atomic E-state index is 11.8. The van der Waals surface area contributed by atoms with Crippen molar-refractivity contribution in [3.8, 4) is 0 Å². The van der Waals surface area contributed by atoms with Crippen LogP contribution in [0.1, 0.15) is 52.0 Å². The number of amides is 2. The summed E-state index contributed by atoms with van der Waals surface area (Å²) in [6.45, 7) is 6.44. The van der Waals surface area contributed by atoms with E-state index in [-0.39, 0.29) is 24.8 Å². The van der Waals surface area contributed by atoms with E-state index in [0.717, 1.165) is 31.2 Å². The molecule has 6 heteroatoms. The number of nitrogens with one attached hydrogen (secondary N) is 2. The van der Waals surface area contributed by atoms with Crippen LogP contribution in [-0.4, -0.2) is 30.4 Å². The second-order valence-corrected chi connectivity index (χ2v) is 7.81. The number of alkyl carbamates (subject to hydrolysis) is 2. The molecule has 0 saturated heterocycles. The average molecular weight is 362 g/mol. The van der Waals surface area contributed by atoms with Crippen LogP contribution in [0.4, 0.5) is 9.59 Å². The summed E-state index contributed by atoms with van der Waals surface area (Å²) < 4.78 is 10.5. The van der Waals surface area contributed by atoms with E-state index in [1.165, 1.54) is 0 Å². The van der Waals surface area contributed by atoms with Crippen LogP contribution in [0.15, 0.2) is 30.3 Å². The van der Waals surface area contributed by atoms with Crippen LogP contribution in [-0.2, 0) is 16.1 Å². The van der Waals surface area contributed by atoms with Crippen LogP contribution in [0.5, 0.6) is 0 Å². The zero-order chi connectivity index (χ0) is 19.0. The van der Waals surface area contributed by atoms with Gasteiger partial charge in [-0.25, -0.2) is 9.59 Å². The van der Waals surface area contributed by atoms with Crippen molar-refractivity contribution in [1.29, 1.82) is 0 Å². The van der Waals surface area contributed by atoms with Crippen LogP contribution in [0.2, 0.25) is 0 Å². The van der Waals surface area contributed by atoms with E-state index < -0.39 is 5.60 Å². The van der Waals surface area contributed by atoms with Crippen molar-refractivity contribution in [2.24, 2.45) is 5.92 Å². The average Bonchev–Trinajstić information content (AvgIpc) is 2.58. The highest BCUT2D eigenvalue weighted by Gasteiger charge is 2.25. The Hall–Kier alpha value is -2.24. The Morgan fingerprint density at radius 2 is 1.69 bits per heavy atom. The fourth-order valence-corrected chi connectivity index (χ4v) is 2.99. The Labute approximate surface area is 155 Å².